The number of likely N-dealkylation sites (N-methyl/N-ethyl adjacent to an activating group) is 1. The molecule has 0 spiro atoms. The van der Waals surface area contributed by atoms with Crippen LogP contribution in [0.2, 0.25) is 0 Å². The van der Waals surface area contributed by atoms with Crippen LogP contribution in [-0.2, 0) is 4.74 Å². The normalized spacial score (nSPS) is 12.9. The molecule has 1 atom stereocenters. The van der Waals surface area contributed by atoms with E-state index < -0.39 is 17.7 Å². The highest BCUT2D eigenvalue weighted by molar-refractivity contribution is 7.12. The molecule has 5 heteroatoms. The lowest BCUT2D eigenvalue weighted by Crippen LogP contribution is -2.43. The Morgan fingerprint density at radius 2 is 2.00 bits per heavy atom. The van der Waals surface area contributed by atoms with Gasteiger partial charge in [-0.3, -0.25) is 4.79 Å². The number of ketones is 1. The molecule has 1 amide bonds. The highest BCUT2D eigenvalue weighted by Crippen LogP contribution is 2.16. The lowest BCUT2D eigenvalue weighted by molar-refractivity contribution is 0.0232. The van der Waals surface area contributed by atoms with Crippen LogP contribution in [0.5, 0.6) is 0 Å². The number of nitrogens with zero attached hydrogens (tertiary/aromatic N) is 1. The zero-order chi connectivity index (χ0) is 13.9. The summed E-state index contributed by atoms with van der Waals surface area (Å²) in [5, 5.41) is 1.84. The van der Waals surface area contributed by atoms with Crippen molar-refractivity contribution in [1.82, 2.24) is 4.90 Å². The second-order valence-corrected chi connectivity index (χ2v) is 6.06. The summed E-state index contributed by atoms with van der Waals surface area (Å²) in [5.74, 6) is -0.0710. The Morgan fingerprint density at radius 1 is 1.39 bits per heavy atom. The zero-order valence-corrected chi connectivity index (χ0v) is 12.2. The minimum Gasteiger partial charge on any atom is -0.444 e. The summed E-state index contributed by atoms with van der Waals surface area (Å²) in [4.78, 5) is 25.9. The van der Waals surface area contributed by atoms with Crippen LogP contribution in [0.4, 0.5) is 4.79 Å². The molecule has 0 N–H and O–H groups in total. The lowest BCUT2D eigenvalue weighted by atomic mass is 10.1. The highest BCUT2D eigenvalue weighted by Gasteiger charge is 2.27. The van der Waals surface area contributed by atoms with Gasteiger partial charge in [-0.2, -0.15) is 0 Å². The molecule has 100 valence electrons. The Morgan fingerprint density at radius 3 is 2.44 bits per heavy atom. The Labute approximate surface area is 112 Å². The van der Waals surface area contributed by atoms with E-state index in [1.54, 1.807) is 40.8 Å². The molecule has 4 nitrogen and oxygen atoms in total. The van der Waals surface area contributed by atoms with Crippen LogP contribution in [0.25, 0.3) is 0 Å². The monoisotopic (exact) mass is 269 g/mol. The summed E-state index contributed by atoms with van der Waals surface area (Å²) in [6.07, 6.45) is -0.486. The van der Waals surface area contributed by atoms with Gasteiger partial charge in [-0.15, -0.1) is 11.3 Å². The summed E-state index contributed by atoms with van der Waals surface area (Å²) >= 11 is 1.37. The molecular weight excluding hydrogens is 250 g/mol. The minimum absolute atomic E-state index is 0.0710. The smallest absolute Gasteiger partial charge is 0.410 e. The fourth-order valence-electron chi connectivity index (χ4n) is 1.29. The molecule has 1 aromatic heterocycles. The van der Waals surface area contributed by atoms with Crippen molar-refractivity contribution >= 4 is 23.2 Å². The van der Waals surface area contributed by atoms with Crippen molar-refractivity contribution in [3.05, 3.63) is 22.4 Å². The van der Waals surface area contributed by atoms with E-state index in [2.05, 4.69) is 0 Å². The second kappa shape index (κ2) is 5.52. The maximum absolute atomic E-state index is 12.1. The molecule has 0 aliphatic carbocycles. The molecule has 0 bridgehead atoms. The van der Waals surface area contributed by atoms with Crippen LogP contribution in [0.15, 0.2) is 17.5 Å². The van der Waals surface area contributed by atoms with Gasteiger partial charge in [-0.05, 0) is 39.1 Å². The predicted molar refractivity (Wildman–Crippen MR) is 72.1 cm³/mol. The molecule has 0 radical (unpaired) electrons. The van der Waals surface area contributed by atoms with Gasteiger partial charge in [0.25, 0.3) is 0 Å². The third-order valence-electron chi connectivity index (χ3n) is 2.41. The van der Waals surface area contributed by atoms with Crippen LogP contribution in [-0.4, -0.2) is 35.5 Å². The van der Waals surface area contributed by atoms with Gasteiger partial charge in [0.05, 0.1) is 10.9 Å². The number of amides is 1. The molecule has 0 aliphatic rings. The van der Waals surface area contributed by atoms with E-state index in [0.29, 0.717) is 4.88 Å². The minimum atomic E-state index is -0.558. The first-order valence-electron chi connectivity index (χ1n) is 5.76. The SMILES string of the molecule is CC(C(=O)c1cccs1)N(C)C(=O)OC(C)(C)C. The maximum Gasteiger partial charge on any atom is 0.410 e. The lowest BCUT2D eigenvalue weighted by Gasteiger charge is -2.27. The Kier molecular flexibility index (Phi) is 4.51. The number of rotatable bonds is 3. The highest BCUT2D eigenvalue weighted by atomic mass is 32.1. The maximum atomic E-state index is 12.1. The quantitative estimate of drug-likeness (QED) is 0.792. The molecule has 0 aromatic carbocycles. The fourth-order valence-corrected chi connectivity index (χ4v) is 2.04. The van der Waals surface area contributed by atoms with Gasteiger partial charge in [-0.1, -0.05) is 6.07 Å². The number of Topliss-reactive ketones (excluding diaryl/α,β-unsaturated/α-hetero) is 1. The summed E-state index contributed by atoms with van der Waals surface area (Å²) in [5.41, 5.74) is -0.558. The molecule has 1 unspecified atom stereocenters. The standard InChI is InChI=1S/C13H19NO3S/c1-9(11(15)10-7-6-8-18-10)14(5)12(16)17-13(2,3)4/h6-9H,1-5H3. The second-order valence-electron chi connectivity index (χ2n) is 5.11. The summed E-state index contributed by atoms with van der Waals surface area (Å²) in [7, 11) is 1.57. The fraction of sp³-hybridized carbons (Fsp3) is 0.538. The predicted octanol–water partition coefficient (Wildman–Crippen LogP) is 3.19. The van der Waals surface area contributed by atoms with Crippen molar-refractivity contribution in [2.24, 2.45) is 0 Å². The number of hydrogen-bond donors (Lipinski definition) is 0. The average molecular weight is 269 g/mol. The summed E-state index contributed by atoms with van der Waals surface area (Å²) in [6.45, 7) is 7.09. The molecule has 1 rings (SSSR count). The van der Waals surface area contributed by atoms with Crippen molar-refractivity contribution in [1.29, 1.82) is 0 Å². The zero-order valence-electron chi connectivity index (χ0n) is 11.4. The van der Waals surface area contributed by atoms with E-state index in [4.69, 9.17) is 4.74 Å². The first kappa shape index (κ1) is 14.7. The van der Waals surface area contributed by atoms with E-state index in [1.165, 1.54) is 16.2 Å². The van der Waals surface area contributed by atoms with Gasteiger partial charge >= 0.3 is 6.09 Å². The van der Waals surface area contributed by atoms with Crippen molar-refractivity contribution in [2.75, 3.05) is 7.05 Å². The first-order chi connectivity index (χ1) is 8.22. The number of hydrogen-bond acceptors (Lipinski definition) is 4. The van der Waals surface area contributed by atoms with Crippen molar-refractivity contribution in [3.63, 3.8) is 0 Å². The number of thiophene rings is 1. The molecule has 0 saturated heterocycles. The third-order valence-corrected chi connectivity index (χ3v) is 3.29. The topological polar surface area (TPSA) is 46.6 Å². The van der Waals surface area contributed by atoms with Crippen LogP contribution >= 0.6 is 11.3 Å². The average Bonchev–Trinajstić information content (AvgIpc) is 2.77. The van der Waals surface area contributed by atoms with E-state index in [0.717, 1.165) is 0 Å². The molecule has 18 heavy (non-hydrogen) atoms. The third kappa shape index (κ3) is 3.84. The summed E-state index contributed by atoms with van der Waals surface area (Å²) in [6, 6.07) is 3.04. The number of carbonyl (C=O) groups is 2. The van der Waals surface area contributed by atoms with Crippen LogP contribution in [0.1, 0.15) is 37.4 Å². The van der Waals surface area contributed by atoms with Crippen molar-refractivity contribution in [3.8, 4) is 0 Å². The van der Waals surface area contributed by atoms with Crippen LogP contribution < -0.4 is 0 Å². The molecule has 1 aromatic rings. The summed E-state index contributed by atoms with van der Waals surface area (Å²) < 4.78 is 5.23. The molecule has 1 heterocycles. The Balaban J connectivity index is 2.69. The molecule has 0 saturated carbocycles. The van der Waals surface area contributed by atoms with E-state index in [9.17, 15) is 9.59 Å². The Bertz CT molecular complexity index is 420. The van der Waals surface area contributed by atoms with Gasteiger partial charge in [0.15, 0.2) is 5.78 Å². The molecule has 0 fully saturated rings. The molecule has 0 aliphatic heterocycles. The van der Waals surface area contributed by atoms with E-state index in [-0.39, 0.29) is 5.78 Å². The van der Waals surface area contributed by atoms with E-state index in [1.807, 2.05) is 11.4 Å². The van der Waals surface area contributed by atoms with Gasteiger partial charge in [0.1, 0.15) is 5.60 Å². The van der Waals surface area contributed by atoms with E-state index >= 15 is 0 Å². The Hall–Kier alpha value is -1.36. The van der Waals surface area contributed by atoms with Gasteiger partial charge in [0.2, 0.25) is 0 Å². The number of ether oxygens (including phenoxy) is 1. The van der Waals surface area contributed by atoms with Crippen LogP contribution in [0.3, 0.4) is 0 Å². The van der Waals surface area contributed by atoms with Gasteiger partial charge in [-0.25, -0.2) is 4.79 Å². The van der Waals surface area contributed by atoms with Crippen LogP contribution in [0, 0.1) is 0 Å². The van der Waals surface area contributed by atoms with Gasteiger partial charge in [0, 0.05) is 7.05 Å². The van der Waals surface area contributed by atoms with Gasteiger partial charge < -0.3 is 9.64 Å². The van der Waals surface area contributed by atoms with Crippen molar-refractivity contribution < 1.29 is 14.3 Å². The molecular formula is C13H19NO3S. The largest absolute Gasteiger partial charge is 0.444 e. The number of carbonyl (C=O) groups excluding carboxylic acids is 2. The van der Waals surface area contributed by atoms with Crippen molar-refractivity contribution in [2.45, 2.75) is 39.3 Å². The first-order valence-corrected chi connectivity index (χ1v) is 6.64.